The Morgan fingerprint density at radius 2 is 2.29 bits per heavy atom. The molecular weight excluding hydrogens is 356 g/mol. The van der Waals surface area contributed by atoms with Crippen molar-refractivity contribution in [3.05, 3.63) is 23.8 Å². The van der Waals surface area contributed by atoms with E-state index in [1.54, 1.807) is 7.05 Å². The first-order valence-corrected chi connectivity index (χ1v) is 10.1. The Kier molecular flexibility index (Phi) is 6.31. The molecular formula is C21H32N4O3. The van der Waals surface area contributed by atoms with Crippen LogP contribution in [0, 0.1) is 5.92 Å². The van der Waals surface area contributed by atoms with Gasteiger partial charge < -0.3 is 25.4 Å². The van der Waals surface area contributed by atoms with Crippen LogP contribution in [-0.2, 0) is 11.2 Å². The zero-order valence-corrected chi connectivity index (χ0v) is 17.2. The molecule has 2 heterocycles. The maximum Gasteiger partial charge on any atom is 0.217 e. The van der Waals surface area contributed by atoms with Gasteiger partial charge in [0, 0.05) is 38.5 Å². The average molecular weight is 389 g/mol. The summed E-state index contributed by atoms with van der Waals surface area (Å²) in [6, 6.07) is 6.06. The highest BCUT2D eigenvalue weighted by molar-refractivity contribution is 5.80. The SMILES string of the molecule is CN=C(NCCOc1cccc2c1OC(C)(C)C2)N1CCCC(CC(N)=O)C1. The second-order valence-corrected chi connectivity index (χ2v) is 8.23. The number of aliphatic imine (C=N–C) groups is 1. The van der Waals surface area contributed by atoms with Gasteiger partial charge in [-0.3, -0.25) is 9.79 Å². The molecule has 1 unspecified atom stereocenters. The van der Waals surface area contributed by atoms with E-state index >= 15 is 0 Å². The number of guanidine groups is 1. The van der Waals surface area contributed by atoms with Crippen molar-refractivity contribution in [1.29, 1.82) is 0 Å². The van der Waals surface area contributed by atoms with Crippen molar-refractivity contribution in [3.8, 4) is 11.5 Å². The molecule has 2 aliphatic rings. The van der Waals surface area contributed by atoms with Gasteiger partial charge in [0.25, 0.3) is 0 Å². The lowest BCUT2D eigenvalue weighted by molar-refractivity contribution is -0.119. The molecule has 1 fully saturated rings. The van der Waals surface area contributed by atoms with Crippen LogP contribution in [0.2, 0.25) is 0 Å². The number of nitrogens with one attached hydrogen (secondary N) is 1. The summed E-state index contributed by atoms with van der Waals surface area (Å²) < 4.78 is 12.0. The van der Waals surface area contributed by atoms with Gasteiger partial charge in [0.2, 0.25) is 5.91 Å². The van der Waals surface area contributed by atoms with Crippen molar-refractivity contribution in [2.24, 2.45) is 16.6 Å². The summed E-state index contributed by atoms with van der Waals surface area (Å²) in [5.41, 5.74) is 6.37. The third-order valence-electron chi connectivity index (χ3n) is 5.22. The van der Waals surface area contributed by atoms with Crippen molar-refractivity contribution in [2.45, 2.75) is 45.1 Å². The van der Waals surface area contributed by atoms with Crippen LogP contribution < -0.4 is 20.5 Å². The quantitative estimate of drug-likeness (QED) is 0.442. The predicted molar refractivity (Wildman–Crippen MR) is 110 cm³/mol. The molecule has 1 aromatic rings. The number of fused-ring (bicyclic) bond motifs is 1. The first-order valence-electron chi connectivity index (χ1n) is 10.1. The van der Waals surface area contributed by atoms with E-state index in [4.69, 9.17) is 15.2 Å². The van der Waals surface area contributed by atoms with Gasteiger partial charge in [0.1, 0.15) is 12.2 Å². The number of hydrogen-bond donors (Lipinski definition) is 2. The van der Waals surface area contributed by atoms with E-state index in [2.05, 4.69) is 35.1 Å². The molecule has 28 heavy (non-hydrogen) atoms. The van der Waals surface area contributed by atoms with Gasteiger partial charge in [-0.25, -0.2) is 0 Å². The van der Waals surface area contributed by atoms with Gasteiger partial charge in [-0.05, 0) is 38.7 Å². The summed E-state index contributed by atoms with van der Waals surface area (Å²) in [7, 11) is 1.78. The van der Waals surface area contributed by atoms with E-state index in [0.29, 0.717) is 25.5 Å². The number of hydrogen-bond acceptors (Lipinski definition) is 4. The van der Waals surface area contributed by atoms with Gasteiger partial charge in [-0.15, -0.1) is 0 Å². The smallest absolute Gasteiger partial charge is 0.217 e. The first-order chi connectivity index (χ1) is 13.4. The highest BCUT2D eigenvalue weighted by Crippen LogP contribution is 2.41. The van der Waals surface area contributed by atoms with Crippen LogP contribution in [0.25, 0.3) is 0 Å². The molecule has 1 amide bonds. The molecule has 154 valence electrons. The Labute approximate surface area is 167 Å². The molecule has 3 N–H and O–H groups in total. The van der Waals surface area contributed by atoms with E-state index in [1.165, 1.54) is 5.56 Å². The maximum atomic E-state index is 11.2. The van der Waals surface area contributed by atoms with Crippen molar-refractivity contribution in [1.82, 2.24) is 10.2 Å². The van der Waals surface area contributed by atoms with Gasteiger partial charge in [0.15, 0.2) is 17.5 Å². The van der Waals surface area contributed by atoms with Crippen LogP contribution in [0.4, 0.5) is 0 Å². The zero-order valence-electron chi connectivity index (χ0n) is 17.2. The van der Waals surface area contributed by atoms with Crippen molar-refractivity contribution in [3.63, 3.8) is 0 Å². The number of piperidine rings is 1. The van der Waals surface area contributed by atoms with Crippen molar-refractivity contribution >= 4 is 11.9 Å². The Morgan fingerprint density at radius 3 is 3.04 bits per heavy atom. The van der Waals surface area contributed by atoms with E-state index in [9.17, 15) is 4.79 Å². The van der Waals surface area contributed by atoms with Crippen LogP contribution in [0.5, 0.6) is 11.5 Å². The molecule has 7 nitrogen and oxygen atoms in total. The van der Waals surface area contributed by atoms with Crippen LogP contribution in [0.15, 0.2) is 23.2 Å². The van der Waals surface area contributed by atoms with Gasteiger partial charge >= 0.3 is 0 Å². The number of nitrogens with zero attached hydrogens (tertiary/aromatic N) is 2. The molecule has 0 spiro atoms. The fourth-order valence-corrected chi connectivity index (χ4v) is 4.07. The summed E-state index contributed by atoms with van der Waals surface area (Å²) in [6.07, 6.45) is 3.41. The molecule has 0 bridgehead atoms. The summed E-state index contributed by atoms with van der Waals surface area (Å²) >= 11 is 0. The minimum atomic E-state index is -0.232. The molecule has 2 aliphatic heterocycles. The number of rotatable bonds is 6. The van der Waals surface area contributed by atoms with E-state index in [0.717, 1.165) is 49.8 Å². The topological polar surface area (TPSA) is 89.2 Å². The molecule has 7 heteroatoms. The Hall–Kier alpha value is -2.44. The third kappa shape index (κ3) is 5.09. The number of amides is 1. The number of carbonyl (C=O) groups excluding carboxylic acids is 1. The fraction of sp³-hybridized carbons (Fsp3) is 0.619. The lowest BCUT2D eigenvalue weighted by atomic mass is 9.95. The molecule has 0 radical (unpaired) electrons. The lowest BCUT2D eigenvalue weighted by Crippen LogP contribution is -2.48. The van der Waals surface area contributed by atoms with Gasteiger partial charge in [-0.1, -0.05) is 12.1 Å². The summed E-state index contributed by atoms with van der Waals surface area (Å²) in [6.45, 7) is 7.07. The highest BCUT2D eigenvalue weighted by atomic mass is 16.5. The molecule has 0 saturated carbocycles. The molecule has 3 rings (SSSR count). The van der Waals surface area contributed by atoms with Crippen LogP contribution in [0.1, 0.15) is 38.7 Å². The number of primary amides is 1. The van der Waals surface area contributed by atoms with Gasteiger partial charge in [-0.2, -0.15) is 0 Å². The number of nitrogens with two attached hydrogens (primary N) is 1. The normalized spacial score (nSPS) is 21.0. The van der Waals surface area contributed by atoms with Crippen molar-refractivity contribution < 1.29 is 14.3 Å². The first kappa shape index (κ1) is 20.3. The van der Waals surface area contributed by atoms with Crippen LogP contribution in [-0.4, -0.2) is 55.7 Å². The van der Waals surface area contributed by atoms with E-state index in [1.807, 2.05) is 12.1 Å². The van der Waals surface area contributed by atoms with E-state index < -0.39 is 0 Å². The average Bonchev–Trinajstić information content (AvgIpc) is 2.96. The predicted octanol–water partition coefficient (Wildman–Crippen LogP) is 1.94. The zero-order chi connectivity index (χ0) is 20.1. The minimum Gasteiger partial charge on any atom is -0.488 e. The number of carbonyl (C=O) groups is 1. The minimum absolute atomic E-state index is 0.183. The molecule has 0 aromatic heterocycles. The second-order valence-electron chi connectivity index (χ2n) is 8.23. The molecule has 0 aliphatic carbocycles. The third-order valence-corrected chi connectivity index (χ3v) is 5.22. The number of para-hydroxylation sites is 1. The van der Waals surface area contributed by atoms with Gasteiger partial charge in [0.05, 0.1) is 6.54 Å². The maximum absolute atomic E-state index is 11.2. The number of benzene rings is 1. The Bertz CT molecular complexity index is 732. The standard InChI is InChI=1S/C21H32N4O3/c1-21(2)13-16-7-4-8-17(19(16)28-21)27-11-9-24-20(23-3)25-10-5-6-15(14-25)12-18(22)26/h4,7-8,15H,5-6,9-14H2,1-3H3,(H2,22,26)(H,23,24). The molecule has 1 saturated heterocycles. The number of likely N-dealkylation sites (tertiary alicyclic amines) is 1. The van der Waals surface area contributed by atoms with E-state index in [-0.39, 0.29) is 11.5 Å². The fourth-order valence-electron chi connectivity index (χ4n) is 4.07. The monoisotopic (exact) mass is 388 g/mol. The Balaban J connectivity index is 1.49. The summed E-state index contributed by atoms with van der Waals surface area (Å²) in [4.78, 5) is 17.8. The molecule has 1 aromatic carbocycles. The summed E-state index contributed by atoms with van der Waals surface area (Å²) in [5.74, 6) is 2.56. The second kappa shape index (κ2) is 8.71. The highest BCUT2D eigenvalue weighted by Gasteiger charge is 2.32. The molecule has 1 atom stereocenters. The van der Waals surface area contributed by atoms with Crippen LogP contribution >= 0.6 is 0 Å². The largest absolute Gasteiger partial charge is 0.488 e. The Morgan fingerprint density at radius 1 is 1.46 bits per heavy atom. The lowest BCUT2D eigenvalue weighted by Gasteiger charge is -2.34. The van der Waals surface area contributed by atoms with Crippen LogP contribution in [0.3, 0.4) is 0 Å². The number of ether oxygens (including phenoxy) is 2. The van der Waals surface area contributed by atoms with Crippen molar-refractivity contribution in [2.75, 3.05) is 33.3 Å². The summed E-state index contributed by atoms with van der Waals surface area (Å²) in [5, 5.41) is 3.36.